The molecule has 0 heterocycles. The van der Waals surface area contributed by atoms with E-state index in [0.717, 1.165) is 51.4 Å². The van der Waals surface area contributed by atoms with Crippen molar-refractivity contribution in [3.63, 3.8) is 0 Å². The SMILES string of the molecule is CCCCCCCCCCC(=O)OC[C@H](COP(=O)(O)OC[C@@H](O)COP(=O)(O)OC[C@@H](COC(=O)CCCCCC)OC(=O)CCC)OC(=O)CCCC. The number of aliphatic hydroxyl groups excluding tert-OH is 1. The Labute approximate surface area is 327 Å². The van der Waals surface area contributed by atoms with Crippen molar-refractivity contribution in [3.8, 4) is 0 Å². The number of aliphatic hydroxyl groups is 1. The summed E-state index contributed by atoms with van der Waals surface area (Å²) in [6.07, 6.45) is 9.84. The van der Waals surface area contributed by atoms with Crippen molar-refractivity contribution in [1.82, 2.24) is 0 Å². The third-order valence-electron chi connectivity index (χ3n) is 7.82. The summed E-state index contributed by atoms with van der Waals surface area (Å²) in [4.78, 5) is 68.8. The van der Waals surface area contributed by atoms with Crippen LogP contribution in [0, 0.1) is 0 Å². The molecule has 2 unspecified atom stereocenters. The number of carbonyl (C=O) groups is 4. The van der Waals surface area contributed by atoms with Crippen LogP contribution in [0.25, 0.3) is 0 Å². The van der Waals surface area contributed by atoms with Gasteiger partial charge in [-0.2, -0.15) is 0 Å². The summed E-state index contributed by atoms with van der Waals surface area (Å²) >= 11 is 0. The van der Waals surface area contributed by atoms with Crippen molar-refractivity contribution in [3.05, 3.63) is 0 Å². The Morgan fingerprint density at radius 1 is 0.436 bits per heavy atom. The van der Waals surface area contributed by atoms with Gasteiger partial charge < -0.3 is 33.8 Å². The first-order valence-electron chi connectivity index (χ1n) is 19.8. The average molecular weight is 835 g/mol. The van der Waals surface area contributed by atoms with Crippen LogP contribution in [-0.2, 0) is 65.4 Å². The molecule has 0 fully saturated rings. The highest BCUT2D eigenvalue weighted by molar-refractivity contribution is 7.47. The van der Waals surface area contributed by atoms with Gasteiger partial charge in [-0.25, -0.2) is 9.13 Å². The molecule has 5 atom stereocenters. The fourth-order valence-electron chi connectivity index (χ4n) is 4.70. The maximum atomic E-state index is 12.5. The molecule has 55 heavy (non-hydrogen) atoms. The highest BCUT2D eigenvalue weighted by atomic mass is 31.2. The zero-order valence-electron chi connectivity index (χ0n) is 33.4. The van der Waals surface area contributed by atoms with E-state index in [4.69, 9.17) is 37.0 Å². The van der Waals surface area contributed by atoms with Crippen LogP contribution in [0.15, 0.2) is 0 Å². The zero-order valence-corrected chi connectivity index (χ0v) is 35.2. The molecule has 0 aliphatic carbocycles. The summed E-state index contributed by atoms with van der Waals surface area (Å²) in [6, 6.07) is 0. The predicted molar refractivity (Wildman–Crippen MR) is 202 cm³/mol. The van der Waals surface area contributed by atoms with Crippen molar-refractivity contribution in [2.24, 2.45) is 0 Å². The van der Waals surface area contributed by atoms with Crippen molar-refractivity contribution in [2.45, 2.75) is 168 Å². The summed E-state index contributed by atoms with van der Waals surface area (Å²) in [5.74, 6) is -2.29. The molecule has 0 radical (unpaired) electrons. The highest BCUT2D eigenvalue weighted by Gasteiger charge is 2.30. The van der Waals surface area contributed by atoms with Gasteiger partial charge in [-0.15, -0.1) is 0 Å². The monoisotopic (exact) mass is 834 g/mol. The van der Waals surface area contributed by atoms with E-state index in [1.54, 1.807) is 6.92 Å². The third-order valence-corrected chi connectivity index (χ3v) is 9.72. The van der Waals surface area contributed by atoms with Gasteiger partial charge in [0.15, 0.2) is 12.2 Å². The highest BCUT2D eigenvalue weighted by Crippen LogP contribution is 2.45. The van der Waals surface area contributed by atoms with Gasteiger partial charge in [-0.3, -0.25) is 37.3 Å². The van der Waals surface area contributed by atoms with E-state index >= 15 is 0 Å². The molecule has 0 aliphatic rings. The first kappa shape index (κ1) is 53.1. The van der Waals surface area contributed by atoms with Gasteiger partial charge in [0.1, 0.15) is 19.3 Å². The Morgan fingerprint density at radius 3 is 1.20 bits per heavy atom. The Balaban J connectivity index is 4.88. The second-order valence-corrected chi connectivity index (χ2v) is 16.2. The lowest BCUT2D eigenvalue weighted by molar-refractivity contribution is -0.161. The first-order chi connectivity index (χ1) is 26.2. The maximum absolute atomic E-state index is 12.5. The standard InChI is InChI=1S/C36H68O17P2/c1-5-9-12-14-15-16-17-19-23-34(39)47-27-32(53-36(41)21-11-7-3)29-51-55(44,45)49-25-30(37)24-48-54(42,43)50-28-31(52-35(40)20-8-4)26-46-33(38)22-18-13-10-6-2/h30-32,37H,5-29H2,1-4H3,(H,42,43)(H,44,45)/t30-,31+,32+/m0/s1. The Morgan fingerprint density at radius 2 is 0.782 bits per heavy atom. The van der Waals surface area contributed by atoms with Crippen LogP contribution >= 0.6 is 15.6 Å². The number of hydrogen-bond donors (Lipinski definition) is 3. The first-order valence-corrected chi connectivity index (χ1v) is 22.8. The molecule has 0 aromatic carbocycles. The number of esters is 4. The molecule has 0 aromatic heterocycles. The number of unbranched alkanes of at least 4 members (excludes halogenated alkanes) is 11. The van der Waals surface area contributed by atoms with E-state index in [9.17, 15) is 43.2 Å². The average Bonchev–Trinajstić information content (AvgIpc) is 3.14. The van der Waals surface area contributed by atoms with E-state index in [0.29, 0.717) is 25.7 Å². The summed E-state index contributed by atoms with van der Waals surface area (Å²) in [5.41, 5.74) is 0. The number of phosphoric ester groups is 2. The largest absolute Gasteiger partial charge is 0.472 e. The minimum absolute atomic E-state index is 0.0526. The molecule has 0 amide bonds. The van der Waals surface area contributed by atoms with Gasteiger partial charge in [0.2, 0.25) is 0 Å². The second-order valence-electron chi connectivity index (χ2n) is 13.3. The van der Waals surface area contributed by atoms with Crippen molar-refractivity contribution in [2.75, 3.05) is 39.6 Å². The lowest BCUT2D eigenvalue weighted by Gasteiger charge is -2.21. The summed E-state index contributed by atoms with van der Waals surface area (Å²) in [6.45, 7) is 3.82. The van der Waals surface area contributed by atoms with Crippen molar-refractivity contribution < 1.29 is 80.2 Å². The van der Waals surface area contributed by atoms with E-state index in [1.165, 1.54) is 19.3 Å². The zero-order chi connectivity index (χ0) is 41.4. The summed E-state index contributed by atoms with van der Waals surface area (Å²) in [5, 5.41) is 10.2. The number of ether oxygens (including phenoxy) is 4. The minimum atomic E-state index is -4.88. The molecule has 0 aliphatic heterocycles. The van der Waals surface area contributed by atoms with Crippen molar-refractivity contribution >= 4 is 39.5 Å². The molecule has 17 nitrogen and oxygen atoms in total. The summed E-state index contributed by atoms with van der Waals surface area (Å²) < 4.78 is 65.2. The Kier molecular flexibility index (Phi) is 31.9. The normalized spacial score (nSPS) is 15.3. The van der Waals surface area contributed by atoms with Crippen LogP contribution in [0.4, 0.5) is 0 Å². The molecular weight excluding hydrogens is 766 g/mol. The van der Waals surface area contributed by atoms with Crippen LogP contribution in [0.3, 0.4) is 0 Å². The molecule has 0 aromatic rings. The Bertz CT molecular complexity index is 1140. The molecule has 19 heteroatoms. The van der Waals surface area contributed by atoms with E-state index in [2.05, 4.69) is 6.92 Å². The number of rotatable bonds is 37. The fraction of sp³-hybridized carbons (Fsp3) is 0.889. The molecule has 0 rings (SSSR count). The molecule has 324 valence electrons. The Hall–Kier alpha value is -1.94. The summed E-state index contributed by atoms with van der Waals surface area (Å²) in [7, 11) is -9.76. The molecule has 0 spiro atoms. The third kappa shape index (κ3) is 32.8. The van der Waals surface area contributed by atoms with Gasteiger partial charge >= 0.3 is 39.5 Å². The fourth-order valence-corrected chi connectivity index (χ4v) is 6.28. The quantitative estimate of drug-likeness (QED) is 0.0247. The van der Waals surface area contributed by atoms with Crippen LogP contribution in [0.5, 0.6) is 0 Å². The van der Waals surface area contributed by atoms with Crippen molar-refractivity contribution in [1.29, 1.82) is 0 Å². The molecular formula is C36H68O17P2. The van der Waals surface area contributed by atoms with E-state index < -0.39 is 97.5 Å². The van der Waals surface area contributed by atoms with Gasteiger partial charge in [0.05, 0.1) is 26.4 Å². The second kappa shape index (κ2) is 33.1. The van der Waals surface area contributed by atoms with Gasteiger partial charge in [0.25, 0.3) is 0 Å². The molecule has 0 bridgehead atoms. The lowest BCUT2D eigenvalue weighted by atomic mass is 10.1. The minimum Gasteiger partial charge on any atom is -0.462 e. The molecule has 3 N–H and O–H groups in total. The van der Waals surface area contributed by atoms with Crippen LogP contribution in [0.2, 0.25) is 0 Å². The smallest absolute Gasteiger partial charge is 0.462 e. The van der Waals surface area contributed by atoms with Gasteiger partial charge in [0, 0.05) is 25.7 Å². The molecule has 0 saturated heterocycles. The maximum Gasteiger partial charge on any atom is 0.472 e. The van der Waals surface area contributed by atoms with Crippen LogP contribution < -0.4 is 0 Å². The van der Waals surface area contributed by atoms with Gasteiger partial charge in [-0.05, 0) is 25.7 Å². The van der Waals surface area contributed by atoms with Crippen LogP contribution in [0.1, 0.15) is 150 Å². The van der Waals surface area contributed by atoms with E-state index in [-0.39, 0.29) is 25.7 Å². The lowest BCUT2D eigenvalue weighted by Crippen LogP contribution is -2.30. The predicted octanol–water partition coefficient (Wildman–Crippen LogP) is 7.02. The number of phosphoric acid groups is 2. The topological polar surface area (TPSA) is 237 Å². The number of carbonyl (C=O) groups excluding carboxylic acids is 4. The van der Waals surface area contributed by atoms with Gasteiger partial charge in [-0.1, -0.05) is 98.3 Å². The van der Waals surface area contributed by atoms with Crippen LogP contribution in [-0.4, -0.2) is 96.7 Å². The molecule has 0 saturated carbocycles. The van der Waals surface area contributed by atoms with E-state index in [1.807, 2.05) is 13.8 Å². The number of hydrogen-bond acceptors (Lipinski definition) is 15.